The fourth-order valence-corrected chi connectivity index (χ4v) is 3.06. The molecule has 0 aliphatic carbocycles. The molecule has 1 fully saturated rings. The third kappa shape index (κ3) is 3.05. The number of nitrogens with two attached hydrogens (primary N) is 1. The van der Waals surface area contributed by atoms with E-state index in [9.17, 15) is 9.59 Å². The van der Waals surface area contributed by atoms with E-state index < -0.39 is 0 Å². The molecule has 1 heterocycles. The number of hydrogen-bond donors (Lipinski definition) is 1. The van der Waals surface area contributed by atoms with Crippen molar-refractivity contribution in [2.24, 2.45) is 5.73 Å². The van der Waals surface area contributed by atoms with Gasteiger partial charge in [0.05, 0.1) is 21.0 Å². The van der Waals surface area contributed by atoms with Gasteiger partial charge in [-0.3, -0.25) is 9.59 Å². The average Bonchev–Trinajstić information content (AvgIpc) is 2.65. The predicted molar refractivity (Wildman–Crippen MR) is 78.9 cm³/mol. The van der Waals surface area contributed by atoms with Gasteiger partial charge >= 0.3 is 0 Å². The normalized spacial score (nSPS) is 19.3. The van der Waals surface area contributed by atoms with Crippen molar-refractivity contribution < 1.29 is 9.59 Å². The van der Waals surface area contributed by atoms with Gasteiger partial charge in [-0.05, 0) is 18.2 Å². The minimum Gasteiger partial charge on any atom is -0.330 e. The van der Waals surface area contributed by atoms with Crippen LogP contribution in [0.3, 0.4) is 0 Å². The van der Waals surface area contributed by atoms with Crippen LogP contribution >= 0.6 is 35.0 Å². The first-order valence-electron chi connectivity index (χ1n) is 5.68. The summed E-state index contributed by atoms with van der Waals surface area (Å²) in [7, 11) is 0. The zero-order chi connectivity index (χ0) is 14.0. The van der Waals surface area contributed by atoms with E-state index >= 15 is 0 Å². The molecule has 1 aliphatic rings. The summed E-state index contributed by atoms with van der Waals surface area (Å²) in [6, 6.07) is 4.70. The van der Waals surface area contributed by atoms with Gasteiger partial charge in [0.25, 0.3) is 0 Å². The second-order valence-electron chi connectivity index (χ2n) is 4.02. The number of carbonyl (C=O) groups is 2. The number of anilines is 1. The lowest BCUT2D eigenvalue weighted by atomic mass is 10.3. The first-order valence-corrected chi connectivity index (χ1v) is 7.48. The van der Waals surface area contributed by atoms with E-state index in [1.165, 1.54) is 17.8 Å². The Balaban J connectivity index is 2.22. The molecular weight excluding hydrogens is 307 g/mol. The van der Waals surface area contributed by atoms with Gasteiger partial charge in [0.1, 0.15) is 0 Å². The van der Waals surface area contributed by atoms with Crippen molar-refractivity contribution in [2.75, 3.05) is 17.2 Å². The number of amides is 2. The number of thioether (sulfide) groups is 1. The van der Waals surface area contributed by atoms with Gasteiger partial charge < -0.3 is 5.73 Å². The maximum absolute atomic E-state index is 12.2. The number of imide groups is 1. The van der Waals surface area contributed by atoms with Crippen molar-refractivity contribution in [3.05, 3.63) is 28.2 Å². The zero-order valence-corrected chi connectivity index (χ0v) is 12.3. The maximum atomic E-state index is 12.2. The molecule has 2 rings (SSSR count). The molecule has 1 aromatic rings. The van der Waals surface area contributed by atoms with E-state index in [0.29, 0.717) is 28.0 Å². The van der Waals surface area contributed by atoms with Crippen molar-refractivity contribution in [1.82, 2.24) is 0 Å². The Labute approximate surface area is 125 Å². The van der Waals surface area contributed by atoms with Crippen LogP contribution in [0.15, 0.2) is 18.2 Å². The number of rotatable bonds is 4. The zero-order valence-electron chi connectivity index (χ0n) is 9.94. The third-order valence-electron chi connectivity index (χ3n) is 2.70. The second kappa shape index (κ2) is 6.13. The van der Waals surface area contributed by atoms with E-state index in [2.05, 4.69) is 0 Å². The van der Waals surface area contributed by atoms with E-state index in [0.717, 1.165) is 4.90 Å². The van der Waals surface area contributed by atoms with E-state index in [4.69, 9.17) is 28.9 Å². The van der Waals surface area contributed by atoms with Crippen LogP contribution in [0, 0.1) is 0 Å². The quantitative estimate of drug-likeness (QED) is 0.865. The van der Waals surface area contributed by atoms with Crippen molar-refractivity contribution in [3.63, 3.8) is 0 Å². The highest BCUT2D eigenvalue weighted by Gasteiger charge is 2.39. The fraction of sp³-hybridized carbons (Fsp3) is 0.333. The molecule has 0 radical (unpaired) electrons. The molecule has 102 valence electrons. The molecule has 0 spiro atoms. The van der Waals surface area contributed by atoms with Crippen LogP contribution in [-0.4, -0.2) is 29.4 Å². The van der Waals surface area contributed by atoms with Gasteiger partial charge in [0, 0.05) is 18.7 Å². The predicted octanol–water partition coefficient (Wildman–Crippen LogP) is 2.32. The van der Waals surface area contributed by atoms with E-state index in [1.807, 2.05) is 0 Å². The van der Waals surface area contributed by atoms with Gasteiger partial charge in [0.15, 0.2) is 0 Å². The molecule has 1 aromatic carbocycles. The first kappa shape index (κ1) is 14.7. The first-order chi connectivity index (χ1) is 9.04. The number of benzene rings is 1. The minimum absolute atomic E-state index is 0.198. The van der Waals surface area contributed by atoms with Gasteiger partial charge in [0.2, 0.25) is 11.8 Å². The van der Waals surface area contributed by atoms with E-state index in [-0.39, 0.29) is 23.5 Å². The maximum Gasteiger partial charge on any atom is 0.247 e. The molecule has 0 unspecified atom stereocenters. The van der Waals surface area contributed by atoms with Crippen LogP contribution < -0.4 is 10.6 Å². The lowest BCUT2D eigenvalue weighted by molar-refractivity contribution is -0.121. The van der Waals surface area contributed by atoms with Gasteiger partial charge in [-0.15, -0.1) is 11.8 Å². The number of halogens is 2. The lowest BCUT2D eigenvalue weighted by Crippen LogP contribution is -2.31. The summed E-state index contributed by atoms with van der Waals surface area (Å²) in [6.07, 6.45) is 0.198. The molecule has 1 aliphatic heterocycles. The molecule has 0 saturated carbocycles. The summed E-state index contributed by atoms with van der Waals surface area (Å²) < 4.78 is 0. The molecule has 4 nitrogen and oxygen atoms in total. The topological polar surface area (TPSA) is 63.4 Å². The number of hydrogen-bond acceptors (Lipinski definition) is 4. The van der Waals surface area contributed by atoms with Crippen LogP contribution in [-0.2, 0) is 9.59 Å². The Hall–Kier alpha value is -0.750. The van der Waals surface area contributed by atoms with Gasteiger partial charge in [-0.25, -0.2) is 4.90 Å². The van der Waals surface area contributed by atoms with Crippen LogP contribution in [0.4, 0.5) is 5.69 Å². The highest BCUT2D eigenvalue weighted by Crippen LogP contribution is 2.33. The van der Waals surface area contributed by atoms with Crippen molar-refractivity contribution in [3.8, 4) is 0 Å². The number of carbonyl (C=O) groups excluding carboxylic acids is 2. The smallest absolute Gasteiger partial charge is 0.247 e. The Kier molecular flexibility index (Phi) is 4.73. The monoisotopic (exact) mass is 318 g/mol. The molecular formula is C12H12Cl2N2O2S. The summed E-state index contributed by atoms with van der Waals surface area (Å²) in [5, 5.41) is 0.349. The molecule has 19 heavy (non-hydrogen) atoms. The van der Waals surface area contributed by atoms with E-state index in [1.54, 1.807) is 12.1 Å². The molecule has 0 aromatic heterocycles. The minimum atomic E-state index is -0.356. The van der Waals surface area contributed by atoms with Crippen LogP contribution in [0.2, 0.25) is 10.0 Å². The van der Waals surface area contributed by atoms with Crippen LogP contribution in [0.5, 0.6) is 0 Å². The number of nitrogens with zero attached hydrogens (tertiary/aromatic N) is 1. The second-order valence-corrected chi connectivity index (χ2v) is 6.14. The summed E-state index contributed by atoms with van der Waals surface area (Å²) in [6.45, 7) is 0.482. The summed E-state index contributed by atoms with van der Waals surface area (Å²) in [5.41, 5.74) is 5.86. The standard InChI is InChI=1S/C12H12Cl2N2O2S/c13-8-2-1-7(5-9(8)14)16-11(17)6-10(12(16)18)19-4-3-15/h1-2,5,10H,3-4,6,15H2/t10-/m1/s1. The molecule has 2 amide bonds. The lowest BCUT2D eigenvalue weighted by Gasteiger charge is -2.15. The van der Waals surface area contributed by atoms with Gasteiger partial charge in [-0.2, -0.15) is 0 Å². The highest BCUT2D eigenvalue weighted by molar-refractivity contribution is 8.00. The summed E-state index contributed by atoms with van der Waals surface area (Å²) in [4.78, 5) is 25.3. The summed E-state index contributed by atoms with van der Waals surface area (Å²) >= 11 is 13.1. The van der Waals surface area contributed by atoms with Crippen molar-refractivity contribution in [2.45, 2.75) is 11.7 Å². The molecule has 2 N–H and O–H groups in total. The largest absolute Gasteiger partial charge is 0.330 e. The fourth-order valence-electron chi connectivity index (χ4n) is 1.84. The molecule has 0 bridgehead atoms. The van der Waals surface area contributed by atoms with Crippen LogP contribution in [0.25, 0.3) is 0 Å². The Morgan fingerprint density at radius 2 is 2.05 bits per heavy atom. The molecule has 1 atom stereocenters. The Morgan fingerprint density at radius 1 is 1.32 bits per heavy atom. The highest BCUT2D eigenvalue weighted by atomic mass is 35.5. The average molecular weight is 319 g/mol. The van der Waals surface area contributed by atoms with Gasteiger partial charge in [-0.1, -0.05) is 23.2 Å². The van der Waals surface area contributed by atoms with Crippen molar-refractivity contribution >= 4 is 52.5 Å². The van der Waals surface area contributed by atoms with Crippen LogP contribution in [0.1, 0.15) is 6.42 Å². The Morgan fingerprint density at radius 3 is 2.68 bits per heavy atom. The Bertz CT molecular complexity index is 524. The molecule has 7 heteroatoms. The molecule has 1 saturated heterocycles. The summed E-state index contributed by atoms with van der Waals surface area (Å²) in [5.74, 6) is 0.207. The third-order valence-corrected chi connectivity index (χ3v) is 4.68. The van der Waals surface area contributed by atoms with Crippen molar-refractivity contribution in [1.29, 1.82) is 0 Å². The SMILES string of the molecule is NCCS[C@@H]1CC(=O)N(c2ccc(Cl)c(Cl)c2)C1=O.